The van der Waals surface area contributed by atoms with E-state index in [9.17, 15) is 18.3 Å². The van der Waals surface area contributed by atoms with Gasteiger partial charge in [-0.05, 0) is 48.1 Å². The van der Waals surface area contributed by atoms with Crippen LogP contribution in [0.5, 0.6) is 5.75 Å². The number of nitrogens with one attached hydrogen (secondary N) is 1. The molecule has 3 aromatic rings. The van der Waals surface area contributed by atoms with Crippen LogP contribution in [0, 0.1) is 0 Å². The van der Waals surface area contributed by atoms with Crippen LogP contribution >= 0.6 is 0 Å². The number of carboxylic acid groups (broad SMARTS) is 1. The maximum atomic E-state index is 13.2. The Hall–Kier alpha value is -3.32. The molecule has 0 saturated carbocycles. The molecule has 6 nitrogen and oxygen atoms in total. The minimum absolute atomic E-state index is 0.0283. The smallest absolute Gasteiger partial charge is 0.341 e. The lowest BCUT2D eigenvalue weighted by atomic mass is 10.0. The van der Waals surface area contributed by atoms with Gasteiger partial charge in [-0.15, -0.1) is 0 Å². The highest BCUT2D eigenvalue weighted by Crippen LogP contribution is 2.33. The molecule has 0 bridgehead atoms. The third kappa shape index (κ3) is 5.06. The third-order valence-electron chi connectivity index (χ3n) is 5.07. The zero-order valence-corrected chi connectivity index (χ0v) is 18.3. The second-order valence-corrected chi connectivity index (χ2v) is 8.69. The molecule has 0 fully saturated rings. The van der Waals surface area contributed by atoms with Crippen LogP contribution in [0.2, 0.25) is 0 Å². The molecule has 0 unspecified atom stereocenters. The molecule has 31 heavy (non-hydrogen) atoms. The van der Waals surface area contributed by atoms with Crippen molar-refractivity contribution in [2.45, 2.75) is 31.1 Å². The molecule has 0 aliphatic carbocycles. The van der Waals surface area contributed by atoms with Gasteiger partial charge in [0.2, 0.25) is 0 Å². The van der Waals surface area contributed by atoms with E-state index in [1.807, 2.05) is 37.3 Å². The summed E-state index contributed by atoms with van der Waals surface area (Å²) in [4.78, 5) is 12.0. The van der Waals surface area contributed by atoms with Gasteiger partial charge in [0, 0.05) is 0 Å². The van der Waals surface area contributed by atoms with Crippen molar-refractivity contribution in [2.75, 3.05) is 11.8 Å². The van der Waals surface area contributed by atoms with E-state index in [-0.39, 0.29) is 21.9 Å². The average Bonchev–Trinajstić information content (AvgIpc) is 2.77. The number of carbonyl (C=O) groups is 1. The molecule has 0 heterocycles. The third-order valence-corrected chi connectivity index (χ3v) is 6.54. The number of anilines is 1. The standard InChI is InChI=1S/C24H25NO5S/c1-3-18-15-16-20(22(24(26)27)23(18)30-2)25-31(28,29)21-12-8-7-11-19(21)14-13-17-9-5-4-6-10-17/h4-12,15-16,25H,3,13-14H2,1-2H3,(H,26,27). The number of ether oxygens (including phenoxy) is 1. The van der Waals surface area contributed by atoms with E-state index < -0.39 is 16.0 Å². The summed E-state index contributed by atoms with van der Waals surface area (Å²) in [6.45, 7) is 1.87. The van der Waals surface area contributed by atoms with E-state index in [4.69, 9.17) is 4.74 Å². The fraction of sp³-hybridized carbons (Fsp3) is 0.208. The molecular formula is C24H25NO5S. The first-order valence-electron chi connectivity index (χ1n) is 9.95. The van der Waals surface area contributed by atoms with Crippen molar-refractivity contribution in [1.29, 1.82) is 0 Å². The van der Waals surface area contributed by atoms with Gasteiger partial charge in [-0.1, -0.05) is 61.5 Å². The number of carboxylic acids is 1. The fourth-order valence-electron chi connectivity index (χ4n) is 3.53. The Morgan fingerprint density at radius 2 is 1.61 bits per heavy atom. The number of hydrogen-bond acceptors (Lipinski definition) is 4. The molecule has 0 saturated heterocycles. The molecule has 0 aliphatic heterocycles. The van der Waals surface area contributed by atoms with Gasteiger partial charge >= 0.3 is 5.97 Å². The Bertz CT molecular complexity index is 1170. The molecule has 0 amide bonds. The summed E-state index contributed by atoms with van der Waals surface area (Å²) in [5.41, 5.74) is 2.22. The normalized spacial score (nSPS) is 11.2. The minimum atomic E-state index is -4.02. The van der Waals surface area contributed by atoms with Crippen molar-refractivity contribution in [2.24, 2.45) is 0 Å². The maximum absolute atomic E-state index is 13.2. The van der Waals surface area contributed by atoms with E-state index >= 15 is 0 Å². The number of sulfonamides is 1. The summed E-state index contributed by atoms with van der Waals surface area (Å²) in [6, 6.07) is 19.7. The van der Waals surface area contributed by atoms with Crippen molar-refractivity contribution >= 4 is 21.7 Å². The van der Waals surface area contributed by atoms with Gasteiger partial charge in [-0.2, -0.15) is 0 Å². The predicted octanol–water partition coefficient (Wildman–Crippen LogP) is 4.54. The van der Waals surface area contributed by atoms with Crippen LogP contribution in [-0.2, 0) is 29.3 Å². The van der Waals surface area contributed by atoms with Gasteiger partial charge in [0.25, 0.3) is 10.0 Å². The molecule has 2 N–H and O–H groups in total. The summed E-state index contributed by atoms with van der Waals surface area (Å²) in [5, 5.41) is 9.72. The van der Waals surface area contributed by atoms with Crippen LogP contribution in [0.3, 0.4) is 0 Å². The molecule has 0 aliphatic rings. The summed E-state index contributed by atoms with van der Waals surface area (Å²) in [5.74, 6) is -1.10. The fourth-order valence-corrected chi connectivity index (χ4v) is 4.87. The quantitative estimate of drug-likeness (QED) is 0.511. The van der Waals surface area contributed by atoms with Crippen LogP contribution in [0.4, 0.5) is 5.69 Å². The van der Waals surface area contributed by atoms with Gasteiger partial charge in [0.1, 0.15) is 11.3 Å². The second-order valence-electron chi connectivity index (χ2n) is 7.04. The predicted molar refractivity (Wildman–Crippen MR) is 120 cm³/mol. The molecule has 7 heteroatoms. The number of aromatic carboxylic acids is 1. The average molecular weight is 440 g/mol. The highest BCUT2D eigenvalue weighted by Gasteiger charge is 2.25. The molecule has 3 rings (SSSR count). The Morgan fingerprint density at radius 1 is 0.935 bits per heavy atom. The van der Waals surface area contributed by atoms with Crippen LogP contribution < -0.4 is 9.46 Å². The van der Waals surface area contributed by atoms with E-state index in [1.54, 1.807) is 24.3 Å². The zero-order valence-electron chi connectivity index (χ0n) is 17.5. The summed E-state index contributed by atoms with van der Waals surface area (Å²) >= 11 is 0. The van der Waals surface area contributed by atoms with Gasteiger partial charge in [-0.25, -0.2) is 13.2 Å². The van der Waals surface area contributed by atoms with Gasteiger partial charge < -0.3 is 9.84 Å². The first-order valence-corrected chi connectivity index (χ1v) is 11.4. The highest BCUT2D eigenvalue weighted by molar-refractivity contribution is 7.92. The summed E-state index contributed by atoms with van der Waals surface area (Å²) in [6.07, 6.45) is 1.77. The second kappa shape index (κ2) is 9.66. The lowest BCUT2D eigenvalue weighted by molar-refractivity contribution is 0.0694. The summed E-state index contributed by atoms with van der Waals surface area (Å²) in [7, 11) is -2.64. The highest BCUT2D eigenvalue weighted by atomic mass is 32.2. The Morgan fingerprint density at radius 3 is 2.26 bits per heavy atom. The number of benzene rings is 3. The molecule has 3 aromatic carbocycles. The molecule has 0 atom stereocenters. The van der Waals surface area contributed by atoms with Gasteiger partial charge in [0.15, 0.2) is 0 Å². The van der Waals surface area contributed by atoms with E-state index in [2.05, 4.69) is 4.72 Å². The van der Waals surface area contributed by atoms with Crippen molar-refractivity contribution in [3.05, 3.63) is 89.0 Å². The van der Waals surface area contributed by atoms with E-state index in [0.29, 0.717) is 30.4 Å². The topological polar surface area (TPSA) is 92.7 Å². The molecule has 162 valence electrons. The Kier molecular flexibility index (Phi) is 6.97. The molecular weight excluding hydrogens is 414 g/mol. The van der Waals surface area contributed by atoms with E-state index in [1.165, 1.54) is 19.2 Å². The number of rotatable bonds is 9. The SMILES string of the molecule is CCc1ccc(NS(=O)(=O)c2ccccc2CCc2ccccc2)c(C(=O)O)c1OC. The van der Waals surface area contributed by atoms with E-state index in [0.717, 1.165) is 5.56 Å². The molecule has 0 aromatic heterocycles. The van der Waals surface area contributed by atoms with Crippen LogP contribution in [0.1, 0.15) is 34.0 Å². The van der Waals surface area contributed by atoms with Crippen molar-refractivity contribution in [3.63, 3.8) is 0 Å². The van der Waals surface area contributed by atoms with Gasteiger partial charge in [-0.3, -0.25) is 4.72 Å². The first kappa shape index (κ1) is 22.4. The van der Waals surface area contributed by atoms with Crippen LogP contribution in [0.15, 0.2) is 71.6 Å². The molecule has 0 spiro atoms. The number of aryl methyl sites for hydroxylation is 3. The largest absolute Gasteiger partial charge is 0.495 e. The van der Waals surface area contributed by atoms with Crippen molar-refractivity contribution in [1.82, 2.24) is 0 Å². The maximum Gasteiger partial charge on any atom is 0.341 e. The van der Waals surface area contributed by atoms with Crippen molar-refractivity contribution < 1.29 is 23.1 Å². The van der Waals surface area contributed by atoms with Crippen molar-refractivity contribution in [3.8, 4) is 5.75 Å². The van der Waals surface area contributed by atoms with Crippen LogP contribution in [0.25, 0.3) is 0 Å². The lowest BCUT2D eigenvalue weighted by Crippen LogP contribution is -2.18. The zero-order chi connectivity index (χ0) is 22.4. The monoisotopic (exact) mass is 439 g/mol. The minimum Gasteiger partial charge on any atom is -0.495 e. The van der Waals surface area contributed by atoms with Gasteiger partial charge in [0.05, 0.1) is 17.7 Å². The number of hydrogen-bond donors (Lipinski definition) is 2. The lowest BCUT2D eigenvalue weighted by Gasteiger charge is -2.17. The first-order chi connectivity index (χ1) is 14.9. The Balaban J connectivity index is 1.96. The Labute approximate surface area is 182 Å². The van der Waals surface area contributed by atoms with Crippen LogP contribution in [-0.4, -0.2) is 26.6 Å². The molecule has 0 radical (unpaired) electrons. The number of methoxy groups -OCH3 is 1. The summed E-state index contributed by atoms with van der Waals surface area (Å²) < 4.78 is 34.2.